The van der Waals surface area contributed by atoms with Crippen LogP contribution in [0, 0.1) is 6.92 Å². The largest absolute Gasteiger partial charge is 0.494 e. The van der Waals surface area contributed by atoms with Crippen molar-refractivity contribution in [2.45, 2.75) is 32.6 Å². The van der Waals surface area contributed by atoms with E-state index >= 15 is 0 Å². The number of carbonyl (C=O) groups excluding carboxylic acids is 1. The van der Waals surface area contributed by atoms with Crippen LogP contribution in [0.2, 0.25) is 0 Å². The van der Waals surface area contributed by atoms with Gasteiger partial charge in [0.2, 0.25) is 5.91 Å². The highest BCUT2D eigenvalue weighted by Crippen LogP contribution is 2.12. The van der Waals surface area contributed by atoms with E-state index in [9.17, 15) is 4.79 Å². The number of hydrogen-bond donors (Lipinski definition) is 2. The Bertz CT molecular complexity index is 493. The number of piperazine rings is 1. The van der Waals surface area contributed by atoms with Gasteiger partial charge in [-0.25, -0.2) is 0 Å². The summed E-state index contributed by atoms with van der Waals surface area (Å²) in [5, 5.41) is 6.36. The second-order valence-corrected chi connectivity index (χ2v) is 6.42. The van der Waals surface area contributed by atoms with Crippen molar-refractivity contribution in [2.75, 3.05) is 45.9 Å². The maximum atomic E-state index is 11.8. The summed E-state index contributed by atoms with van der Waals surface area (Å²) in [7, 11) is 0. The molecule has 1 aliphatic rings. The molecular formula is C19H32ClN3O2. The van der Waals surface area contributed by atoms with Gasteiger partial charge in [-0.2, -0.15) is 0 Å². The maximum absolute atomic E-state index is 11.8. The summed E-state index contributed by atoms with van der Waals surface area (Å²) in [6.45, 7) is 8.98. The third kappa shape index (κ3) is 9.68. The Kier molecular flexibility index (Phi) is 11.3. The number of unbranched alkanes of at least 4 members (excludes halogenated alkanes) is 1. The van der Waals surface area contributed by atoms with Crippen molar-refractivity contribution in [3.05, 3.63) is 29.8 Å². The molecule has 5 nitrogen and oxygen atoms in total. The molecule has 1 aliphatic heterocycles. The van der Waals surface area contributed by atoms with E-state index in [2.05, 4.69) is 28.5 Å². The van der Waals surface area contributed by atoms with Crippen LogP contribution in [0.25, 0.3) is 0 Å². The number of nitrogens with zero attached hydrogens (tertiary/aromatic N) is 1. The highest BCUT2D eigenvalue weighted by molar-refractivity contribution is 5.85. The first kappa shape index (κ1) is 21.7. The molecule has 1 aromatic rings. The van der Waals surface area contributed by atoms with Crippen LogP contribution >= 0.6 is 12.4 Å². The van der Waals surface area contributed by atoms with Crippen molar-refractivity contribution >= 4 is 18.3 Å². The minimum Gasteiger partial charge on any atom is -0.494 e. The minimum atomic E-state index is 0. The third-order valence-corrected chi connectivity index (χ3v) is 4.24. The van der Waals surface area contributed by atoms with Gasteiger partial charge in [0.1, 0.15) is 5.75 Å². The number of amides is 1. The molecule has 1 amide bonds. The van der Waals surface area contributed by atoms with E-state index in [-0.39, 0.29) is 18.3 Å². The van der Waals surface area contributed by atoms with Crippen molar-refractivity contribution < 1.29 is 9.53 Å². The topological polar surface area (TPSA) is 53.6 Å². The van der Waals surface area contributed by atoms with Crippen LogP contribution in [0.3, 0.4) is 0 Å². The van der Waals surface area contributed by atoms with E-state index in [0.717, 1.165) is 64.3 Å². The van der Waals surface area contributed by atoms with Crippen LogP contribution in [0.1, 0.15) is 31.2 Å². The number of benzene rings is 1. The molecule has 0 radical (unpaired) electrons. The van der Waals surface area contributed by atoms with Gasteiger partial charge >= 0.3 is 0 Å². The molecule has 0 spiro atoms. The van der Waals surface area contributed by atoms with Gasteiger partial charge in [0.25, 0.3) is 0 Å². The van der Waals surface area contributed by atoms with Crippen LogP contribution < -0.4 is 15.4 Å². The Balaban J connectivity index is 0.00000312. The second kappa shape index (κ2) is 13.0. The summed E-state index contributed by atoms with van der Waals surface area (Å²) in [4.78, 5) is 14.2. The van der Waals surface area contributed by atoms with Gasteiger partial charge in [0.05, 0.1) is 6.61 Å². The molecule has 25 heavy (non-hydrogen) atoms. The highest BCUT2D eigenvalue weighted by Gasteiger charge is 2.08. The van der Waals surface area contributed by atoms with Crippen LogP contribution in [0.4, 0.5) is 0 Å². The summed E-state index contributed by atoms with van der Waals surface area (Å²) in [5.41, 5.74) is 1.20. The van der Waals surface area contributed by atoms with E-state index in [1.807, 2.05) is 18.2 Å². The summed E-state index contributed by atoms with van der Waals surface area (Å²) >= 11 is 0. The van der Waals surface area contributed by atoms with Gasteiger partial charge in [0.15, 0.2) is 0 Å². The normalized spacial score (nSPS) is 14.6. The molecule has 0 bridgehead atoms. The van der Waals surface area contributed by atoms with Crippen molar-refractivity contribution in [1.82, 2.24) is 15.5 Å². The lowest BCUT2D eigenvalue weighted by Crippen LogP contribution is -2.44. The zero-order valence-electron chi connectivity index (χ0n) is 15.3. The monoisotopic (exact) mass is 369 g/mol. The highest BCUT2D eigenvalue weighted by atomic mass is 35.5. The predicted molar refractivity (Wildman–Crippen MR) is 105 cm³/mol. The number of nitrogens with one attached hydrogen (secondary N) is 2. The lowest BCUT2D eigenvalue weighted by Gasteiger charge is -2.27. The fourth-order valence-corrected chi connectivity index (χ4v) is 2.84. The lowest BCUT2D eigenvalue weighted by molar-refractivity contribution is -0.121. The van der Waals surface area contributed by atoms with Crippen molar-refractivity contribution in [3.8, 4) is 5.75 Å². The third-order valence-electron chi connectivity index (χ3n) is 4.24. The first-order valence-corrected chi connectivity index (χ1v) is 9.13. The Morgan fingerprint density at radius 2 is 2.04 bits per heavy atom. The Morgan fingerprint density at radius 3 is 2.80 bits per heavy atom. The van der Waals surface area contributed by atoms with Crippen LogP contribution in [-0.4, -0.2) is 56.7 Å². The van der Waals surface area contributed by atoms with Gasteiger partial charge in [0, 0.05) is 39.1 Å². The van der Waals surface area contributed by atoms with Gasteiger partial charge in [-0.3, -0.25) is 4.79 Å². The van der Waals surface area contributed by atoms with E-state index in [4.69, 9.17) is 4.74 Å². The summed E-state index contributed by atoms with van der Waals surface area (Å²) in [6, 6.07) is 8.06. The SMILES string of the molecule is Cc1cccc(OCCCCC(=O)NCCCN2CCNCC2)c1.Cl. The molecule has 0 unspecified atom stereocenters. The van der Waals surface area contributed by atoms with Gasteiger partial charge in [-0.15, -0.1) is 12.4 Å². The van der Waals surface area contributed by atoms with Crippen molar-refractivity contribution in [1.29, 1.82) is 0 Å². The van der Waals surface area contributed by atoms with E-state index in [0.29, 0.717) is 13.0 Å². The number of hydrogen-bond acceptors (Lipinski definition) is 4. The first-order valence-electron chi connectivity index (χ1n) is 9.13. The number of carbonyl (C=O) groups is 1. The second-order valence-electron chi connectivity index (χ2n) is 6.42. The predicted octanol–water partition coefficient (Wildman–Crippen LogP) is 2.38. The smallest absolute Gasteiger partial charge is 0.219 e. The number of aryl methyl sites for hydroxylation is 1. The minimum absolute atomic E-state index is 0. The quantitative estimate of drug-likeness (QED) is 0.622. The summed E-state index contributed by atoms with van der Waals surface area (Å²) in [6.07, 6.45) is 3.39. The zero-order valence-corrected chi connectivity index (χ0v) is 16.1. The molecule has 1 saturated heterocycles. The average Bonchev–Trinajstić information content (AvgIpc) is 2.59. The fraction of sp³-hybridized carbons (Fsp3) is 0.632. The lowest BCUT2D eigenvalue weighted by atomic mass is 10.2. The van der Waals surface area contributed by atoms with E-state index < -0.39 is 0 Å². The van der Waals surface area contributed by atoms with Crippen LogP contribution in [0.5, 0.6) is 5.75 Å². The maximum Gasteiger partial charge on any atom is 0.219 e. The molecular weight excluding hydrogens is 338 g/mol. The number of rotatable bonds is 10. The number of halogens is 1. The average molecular weight is 370 g/mol. The molecule has 0 aliphatic carbocycles. The summed E-state index contributed by atoms with van der Waals surface area (Å²) < 4.78 is 5.69. The Labute approximate surface area is 157 Å². The van der Waals surface area contributed by atoms with E-state index in [1.54, 1.807) is 0 Å². The molecule has 0 saturated carbocycles. The van der Waals surface area contributed by atoms with Crippen molar-refractivity contribution in [3.63, 3.8) is 0 Å². The van der Waals surface area contributed by atoms with E-state index in [1.165, 1.54) is 5.56 Å². The van der Waals surface area contributed by atoms with Crippen molar-refractivity contribution in [2.24, 2.45) is 0 Å². The zero-order chi connectivity index (χ0) is 17.0. The molecule has 0 atom stereocenters. The fourth-order valence-electron chi connectivity index (χ4n) is 2.84. The number of ether oxygens (including phenoxy) is 1. The van der Waals surface area contributed by atoms with Crippen LogP contribution in [-0.2, 0) is 4.79 Å². The molecule has 1 heterocycles. The molecule has 0 aromatic heterocycles. The Hall–Kier alpha value is -1.30. The van der Waals surface area contributed by atoms with Gasteiger partial charge in [-0.05, 0) is 50.4 Å². The molecule has 1 fully saturated rings. The molecule has 2 rings (SSSR count). The molecule has 142 valence electrons. The van der Waals surface area contributed by atoms with Gasteiger partial charge < -0.3 is 20.3 Å². The standard InChI is InChI=1S/C19H31N3O2.ClH/c1-17-6-4-7-18(16-17)24-15-3-2-8-19(23)21-9-5-12-22-13-10-20-11-14-22;/h4,6-7,16,20H,2-3,5,8-15H2,1H3,(H,21,23);1H. The van der Waals surface area contributed by atoms with Gasteiger partial charge in [-0.1, -0.05) is 12.1 Å². The summed E-state index contributed by atoms with van der Waals surface area (Å²) in [5.74, 6) is 1.07. The van der Waals surface area contributed by atoms with Crippen LogP contribution in [0.15, 0.2) is 24.3 Å². The molecule has 6 heteroatoms. The first-order chi connectivity index (χ1) is 11.7. The Morgan fingerprint density at radius 1 is 1.24 bits per heavy atom. The molecule has 1 aromatic carbocycles. The molecule has 2 N–H and O–H groups in total.